The Balaban J connectivity index is 2.31. The maximum absolute atomic E-state index is 16.0. The standard InChI is InChI=1S/C34H11BF15/c36-20-17(21(37)27(43)32(48)26(20)42)35(18-22(38)28(44)33(49)29(45)23(18)39,19-24(40)30(46)34(50)31(47)25(19)41)16(15-11-5-2-6-12-15)13-7-10-14-8-3-1-4-9-14/h1-6,8-12H/q-1. The molecule has 0 radical (unpaired) electrons. The van der Waals surface area contributed by atoms with Crippen LogP contribution in [0.1, 0.15) is 11.1 Å². The van der Waals surface area contributed by atoms with Gasteiger partial charge in [0, 0.05) is 0 Å². The largest absolute Gasteiger partial charge is 0.207 e. The van der Waals surface area contributed by atoms with Gasteiger partial charge in [-0.05, 0) is 11.6 Å². The minimum absolute atomic E-state index is 0.161. The maximum Gasteiger partial charge on any atom is 0.200 e. The highest BCUT2D eigenvalue weighted by Crippen LogP contribution is 2.35. The van der Waals surface area contributed by atoms with E-state index in [1.807, 2.05) is 5.73 Å². The molecule has 0 bridgehead atoms. The lowest BCUT2D eigenvalue weighted by Gasteiger charge is -2.45. The average molecular weight is 715 g/mol. The quantitative estimate of drug-likeness (QED) is 0.0546. The molecule has 0 spiro atoms. The molecule has 0 aliphatic carbocycles. The van der Waals surface area contributed by atoms with Gasteiger partial charge in [0.1, 0.15) is 41.0 Å². The molecule has 0 N–H and O–H groups in total. The number of hydrogen-bond acceptors (Lipinski definition) is 0. The van der Waals surface area contributed by atoms with Crippen molar-refractivity contribution in [3.8, 4) is 0 Å². The summed E-state index contributed by atoms with van der Waals surface area (Å²) in [7, 11) is 0. The predicted octanol–water partition coefficient (Wildman–Crippen LogP) is 8.33. The Morgan fingerprint density at radius 1 is 0.380 bits per heavy atom. The van der Waals surface area contributed by atoms with Crippen LogP contribution in [-0.4, -0.2) is 6.15 Å². The lowest BCUT2D eigenvalue weighted by atomic mass is 9.11. The normalized spacial score (nSPS) is 11.3. The van der Waals surface area contributed by atoms with Crippen molar-refractivity contribution in [3.05, 3.63) is 171 Å². The summed E-state index contributed by atoms with van der Waals surface area (Å²) < 4.78 is 229. The lowest BCUT2D eigenvalue weighted by molar-refractivity contribution is 0.380. The summed E-state index contributed by atoms with van der Waals surface area (Å²) in [5, 5.41) is 0. The Kier molecular flexibility index (Phi) is 9.55. The van der Waals surface area contributed by atoms with Gasteiger partial charge < -0.3 is 0 Å². The summed E-state index contributed by atoms with van der Waals surface area (Å²) in [5.41, 5.74) is -6.48. The van der Waals surface area contributed by atoms with Crippen LogP contribution in [0.2, 0.25) is 0 Å². The molecule has 16 heteroatoms. The van der Waals surface area contributed by atoms with E-state index in [2.05, 4.69) is 5.73 Å². The van der Waals surface area contributed by atoms with E-state index in [1.54, 1.807) is 0 Å². The molecule has 0 aromatic heterocycles. The van der Waals surface area contributed by atoms with Crippen molar-refractivity contribution in [1.29, 1.82) is 0 Å². The zero-order chi connectivity index (χ0) is 36.8. The number of benzene rings is 5. The Bertz CT molecular complexity index is 2040. The fourth-order valence-electron chi connectivity index (χ4n) is 5.67. The number of halogens is 15. The third-order valence-electron chi connectivity index (χ3n) is 7.79. The van der Waals surface area contributed by atoms with Crippen LogP contribution in [0.15, 0.2) is 72.1 Å². The summed E-state index contributed by atoms with van der Waals surface area (Å²) in [6, 6.07) is 11.8. The van der Waals surface area contributed by atoms with Gasteiger partial charge >= 0.3 is 0 Å². The first-order valence-corrected chi connectivity index (χ1v) is 13.6. The fraction of sp³-hybridized carbons (Fsp3) is 0. The van der Waals surface area contributed by atoms with Crippen molar-refractivity contribution < 1.29 is 65.9 Å². The second-order valence-corrected chi connectivity index (χ2v) is 10.4. The van der Waals surface area contributed by atoms with Gasteiger partial charge in [0.05, 0.1) is 0 Å². The minimum Gasteiger partial charge on any atom is -0.207 e. The van der Waals surface area contributed by atoms with Gasteiger partial charge in [-0.3, -0.25) is 0 Å². The Morgan fingerprint density at radius 2 is 0.660 bits per heavy atom. The average Bonchev–Trinajstić information content (AvgIpc) is 3.12. The Labute approximate surface area is 270 Å². The molecule has 0 aliphatic rings. The molecular weight excluding hydrogens is 704 g/mol. The molecule has 5 aromatic carbocycles. The van der Waals surface area contributed by atoms with Crippen LogP contribution in [0.25, 0.3) is 11.5 Å². The van der Waals surface area contributed by atoms with E-state index < -0.39 is 121 Å². The fourth-order valence-corrected chi connectivity index (χ4v) is 5.67. The molecule has 0 unspecified atom stereocenters. The highest BCUT2D eigenvalue weighted by molar-refractivity contribution is 7.23. The molecule has 5 aromatic rings. The first kappa shape index (κ1) is 35.7. The first-order chi connectivity index (χ1) is 23.6. The van der Waals surface area contributed by atoms with Gasteiger partial charge in [-0.25, -0.2) is 65.9 Å². The van der Waals surface area contributed by atoms with E-state index in [0.717, 1.165) is 30.3 Å². The Hall–Kier alpha value is -5.59. The van der Waals surface area contributed by atoms with E-state index in [-0.39, 0.29) is 5.56 Å². The van der Waals surface area contributed by atoms with Crippen molar-refractivity contribution in [2.45, 2.75) is 0 Å². The molecule has 0 heterocycles. The first-order valence-electron chi connectivity index (χ1n) is 13.6. The van der Waals surface area contributed by atoms with Crippen LogP contribution in [0, 0.1) is 87.3 Å². The van der Waals surface area contributed by atoms with Crippen LogP contribution in [0.5, 0.6) is 0 Å². The molecule has 256 valence electrons. The molecule has 5 rings (SSSR count). The van der Waals surface area contributed by atoms with E-state index in [9.17, 15) is 39.5 Å². The number of hydrogen-bond donors (Lipinski definition) is 0. The summed E-state index contributed by atoms with van der Waals surface area (Å²) in [6.07, 6.45) is -5.14. The second kappa shape index (κ2) is 13.4. The molecule has 0 atom stereocenters. The SMILES string of the molecule is Fc1c(F)c(F)c([B-](C(=C=C=Cc2ccccc2)c2ccccc2)(c2c(F)c(F)c(F)c(F)c2F)c2c(F)c(F)c(F)c(F)c2F)c(F)c1F. The van der Waals surface area contributed by atoms with Crippen molar-refractivity contribution in [3.63, 3.8) is 0 Å². The van der Waals surface area contributed by atoms with Gasteiger partial charge in [0.2, 0.25) is 0 Å². The van der Waals surface area contributed by atoms with Gasteiger partial charge in [-0.15, -0.1) is 27.6 Å². The van der Waals surface area contributed by atoms with Gasteiger partial charge in [0.15, 0.2) is 52.4 Å². The molecule has 50 heavy (non-hydrogen) atoms. The predicted molar refractivity (Wildman–Crippen MR) is 151 cm³/mol. The third-order valence-corrected chi connectivity index (χ3v) is 7.79. The molecule has 0 saturated heterocycles. The maximum atomic E-state index is 16.0. The van der Waals surface area contributed by atoms with Gasteiger partial charge in [-0.2, -0.15) is 0 Å². The molecule has 0 saturated carbocycles. The van der Waals surface area contributed by atoms with E-state index in [1.165, 1.54) is 36.4 Å². The van der Waals surface area contributed by atoms with Gasteiger partial charge in [0.25, 0.3) is 0 Å². The smallest absolute Gasteiger partial charge is 0.200 e. The van der Waals surface area contributed by atoms with E-state index >= 15 is 26.3 Å². The second-order valence-electron chi connectivity index (χ2n) is 10.4. The van der Waals surface area contributed by atoms with Crippen LogP contribution < -0.4 is 16.4 Å². The van der Waals surface area contributed by atoms with E-state index in [0.29, 0.717) is 0 Å². The van der Waals surface area contributed by atoms with Crippen LogP contribution in [-0.2, 0) is 0 Å². The van der Waals surface area contributed by atoms with Crippen molar-refractivity contribution >= 4 is 34.1 Å². The van der Waals surface area contributed by atoms with Crippen LogP contribution in [0.3, 0.4) is 0 Å². The third kappa shape index (κ3) is 5.37. The molecule has 0 nitrogen and oxygen atoms in total. The van der Waals surface area contributed by atoms with E-state index in [4.69, 9.17) is 0 Å². The summed E-state index contributed by atoms with van der Waals surface area (Å²) in [5.74, 6) is -46.3. The zero-order valence-electron chi connectivity index (χ0n) is 24.1. The van der Waals surface area contributed by atoms with Crippen molar-refractivity contribution in [2.75, 3.05) is 0 Å². The minimum atomic E-state index is -6.04. The highest BCUT2D eigenvalue weighted by Gasteiger charge is 2.50. The summed E-state index contributed by atoms with van der Waals surface area (Å²) >= 11 is 0. The van der Waals surface area contributed by atoms with Crippen LogP contribution in [0.4, 0.5) is 65.9 Å². The van der Waals surface area contributed by atoms with Crippen molar-refractivity contribution in [2.24, 2.45) is 0 Å². The number of rotatable bonds is 6. The Morgan fingerprint density at radius 3 is 0.980 bits per heavy atom. The highest BCUT2D eigenvalue weighted by atomic mass is 19.2. The zero-order valence-corrected chi connectivity index (χ0v) is 24.1. The molecule has 0 aliphatic heterocycles. The monoisotopic (exact) mass is 715 g/mol. The molecule has 0 amide bonds. The topological polar surface area (TPSA) is 0 Å². The molecular formula is C34H11BF15-. The summed E-state index contributed by atoms with van der Waals surface area (Å²) in [4.78, 5) is 0. The lowest BCUT2D eigenvalue weighted by Crippen LogP contribution is -2.74. The molecule has 0 fully saturated rings. The summed E-state index contributed by atoms with van der Waals surface area (Å²) in [6.45, 7) is 0. The van der Waals surface area contributed by atoms with Crippen molar-refractivity contribution in [1.82, 2.24) is 0 Å². The van der Waals surface area contributed by atoms with Crippen LogP contribution >= 0.6 is 0 Å². The van der Waals surface area contributed by atoms with Gasteiger partial charge in [-0.1, -0.05) is 72.0 Å².